The summed E-state index contributed by atoms with van der Waals surface area (Å²) in [5, 5.41) is 8.54. The maximum absolute atomic E-state index is 13.6. The zero-order chi connectivity index (χ0) is 28.3. The van der Waals surface area contributed by atoms with Crippen LogP contribution in [0.5, 0.6) is 0 Å². The zero-order valence-corrected chi connectivity index (χ0v) is 22.3. The van der Waals surface area contributed by atoms with Crippen LogP contribution >= 0.6 is 0 Å². The number of rotatable bonds is 9. The van der Waals surface area contributed by atoms with Crippen molar-refractivity contribution in [2.45, 2.75) is 26.6 Å². The van der Waals surface area contributed by atoms with E-state index in [-0.39, 0.29) is 17.8 Å². The van der Waals surface area contributed by atoms with Crippen LogP contribution in [0.15, 0.2) is 42.9 Å². The Bertz CT molecular complexity index is 1390. The molecule has 0 saturated carbocycles. The molecule has 4 rings (SSSR count). The lowest BCUT2D eigenvalue weighted by Gasteiger charge is -2.19. The third-order valence-electron chi connectivity index (χ3n) is 6.38. The first-order valence-corrected chi connectivity index (χ1v) is 12.1. The lowest BCUT2D eigenvalue weighted by molar-refractivity contribution is -0.137. The van der Waals surface area contributed by atoms with E-state index in [9.17, 15) is 18.0 Å². The number of nitrogens with one attached hydrogen (secondary N) is 3. The van der Waals surface area contributed by atoms with Gasteiger partial charge in [-0.05, 0) is 50.7 Å². The molecule has 0 unspecified atom stereocenters. The highest BCUT2D eigenvalue weighted by atomic mass is 19.4. The molecule has 0 spiro atoms. The number of carbonyl (C=O) groups is 1. The van der Waals surface area contributed by atoms with Crippen molar-refractivity contribution in [2.24, 2.45) is 7.05 Å². The van der Waals surface area contributed by atoms with Crippen LogP contribution in [-0.4, -0.2) is 52.9 Å². The normalized spacial score (nSPS) is 13.6. The minimum atomic E-state index is -4.57. The van der Waals surface area contributed by atoms with Gasteiger partial charge < -0.3 is 15.5 Å². The number of ether oxygens (including phenoxy) is 1. The molecule has 1 amide bonds. The summed E-state index contributed by atoms with van der Waals surface area (Å²) in [7, 11) is 5.20. The Morgan fingerprint density at radius 3 is 2.62 bits per heavy atom. The number of aromatic nitrogens is 3. The smallest absolute Gasteiger partial charge is 0.383 e. The molecule has 0 saturated heterocycles. The van der Waals surface area contributed by atoms with Crippen molar-refractivity contribution in [1.29, 1.82) is 0 Å². The van der Waals surface area contributed by atoms with Crippen molar-refractivity contribution >= 4 is 23.0 Å². The maximum Gasteiger partial charge on any atom is 0.416 e. The number of amides is 1. The van der Waals surface area contributed by atoms with Gasteiger partial charge in [-0.25, -0.2) is 0 Å². The minimum absolute atomic E-state index is 0.0438. The van der Waals surface area contributed by atoms with Crippen molar-refractivity contribution in [3.8, 4) is 0 Å². The molecule has 3 aromatic rings. The van der Waals surface area contributed by atoms with E-state index < -0.39 is 17.6 Å². The van der Waals surface area contributed by atoms with Crippen LogP contribution in [0.2, 0.25) is 0 Å². The predicted molar refractivity (Wildman–Crippen MR) is 141 cm³/mol. The van der Waals surface area contributed by atoms with Gasteiger partial charge in [0.2, 0.25) is 0 Å². The first-order valence-electron chi connectivity index (χ1n) is 12.1. The molecule has 0 atom stereocenters. The lowest BCUT2D eigenvalue weighted by atomic mass is 10.1. The summed E-state index contributed by atoms with van der Waals surface area (Å²) in [6.45, 7) is 4.98. The van der Waals surface area contributed by atoms with Gasteiger partial charge in [0.05, 0.1) is 41.0 Å². The van der Waals surface area contributed by atoms with E-state index in [1.54, 1.807) is 43.0 Å². The molecular formula is C26H31F3N8O2. The molecule has 13 heteroatoms. The van der Waals surface area contributed by atoms with Crippen molar-refractivity contribution < 1.29 is 22.7 Å². The highest BCUT2D eigenvalue weighted by Crippen LogP contribution is 2.33. The van der Waals surface area contributed by atoms with Gasteiger partial charge in [-0.2, -0.15) is 18.3 Å². The molecule has 1 aliphatic rings. The number of aryl methyl sites for hydroxylation is 2. The number of hydrazine groups is 2. The second-order valence-electron chi connectivity index (χ2n) is 9.35. The van der Waals surface area contributed by atoms with Gasteiger partial charge >= 0.3 is 6.18 Å². The highest BCUT2D eigenvalue weighted by Gasteiger charge is 2.31. The van der Waals surface area contributed by atoms with Gasteiger partial charge in [0.25, 0.3) is 5.91 Å². The summed E-state index contributed by atoms with van der Waals surface area (Å²) >= 11 is 0. The predicted octanol–water partition coefficient (Wildman–Crippen LogP) is 3.61. The maximum atomic E-state index is 13.6. The van der Waals surface area contributed by atoms with E-state index in [4.69, 9.17) is 4.74 Å². The summed E-state index contributed by atoms with van der Waals surface area (Å²) in [5.41, 5.74) is 9.79. The number of hydrogen-bond acceptors (Lipinski definition) is 8. The van der Waals surface area contributed by atoms with Crippen molar-refractivity contribution in [2.75, 3.05) is 37.6 Å². The van der Waals surface area contributed by atoms with Crippen molar-refractivity contribution in [3.05, 3.63) is 76.5 Å². The summed E-state index contributed by atoms with van der Waals surface area (Å²) in [4.78, 5) is 19.3. The fourth-order valence-electron chi connectivity index (χ4n) is 4.09. The number of anilines is 2. The summed E-state index contributed by atoms with van der Waals surface area (Å²) < 4.78 is 47.6. The lowest BCUT2D eigenvalue weighted by Crippen LogP contribution is -2.36. The fourth-order valence-corrected chi connectivity index (χ4v) is 4.09. The molecule has 2 aromatic heterocycles. The Hall–Kier alpha value is -3.94. The van der Waals surface area contributed by atoms with Crippen LogP contribution in [0.25, 0.3) is 5.70 Å². The molecule has 0 aliphatic carbocycles. The number of methoxy groups -OCH3 is 1. The third kappa shape index (κ3) is 6.56. The average Bonchev–Trinajstić information content (AvgIpc) is 3.49. The Morgan fingerprint density at radius 1 is 1.18 bits per heavy atom. The molecule has 0 radical (unpaired) electrons. The number of carbonyl (C=O) groups excluding carboxylic acids is 1. The summed E-state index contributed by atoms with van der Waals surface area (Å²) in [5.74, 6) is -0.582. The van der Waals surface area contributed by atoms with Gasteiger partial charge in [0.1, 0.15) is 0 Å². The van der Waals surface area contributed by atoms with Gasteiger partial charge in [-0.15, -0.1) is 5.53 Å². The van der Waals surface area contributed by atoms with Crippen LogP contribution < -0.4 is 21.3 Å². The second-order valence-corrected chi connectivity index (χ2v) is 9.35. The SMILES string of the molecule is COCCN(C)Cc1cc(NC(=O)c2cnc(C)c(N3C=C(c4cnn(C)c4C)NN3)c2)cc(C(F)(F)F)c1. The Labute approximate surface area is 224 Å². The molecule has 0 bridgehead atoms. The molecule has 10 nitrogen and oxygen atoms in total. The van der Waals surface area contributed by atoms with Crippen LogP contribution in [0.1, 0.15) is 38.4 Å². The summed E-state index contributed by atoms with van der Waals surface area (Å²) in [6, 6.07) is 5.17. The highest BCUT2D eigenvalue weighted by molar-refractivity contribution is 6.04. The topological polar surface area (TPSA) is 99.6 Å². The molecule has 39 heavy (non-hydrogen) atoms. The standard InChI is InChI=1S/C26H31F3N8O2/c1-16-24(37-15-23(33-34-37)22-13-31-36(4)17(22)2)10-19(12-30-16)25(38)32-21-9-18(14-35(3)6-7-39-5)8-20(11-21)26(27,28)29/h8-13,15,33-34H,6-7,14H2,1-5H3,(H,32,38). The zero-order valence-electron chi connectivity index (χ0n) is 22.3. The van der Waals surface area contributed by atoms with Crippen LogP contribution in [0, 0.1) is 13.8 Å². The summed E-state index contributed by atoms with van der Waals surface area (Å²) in [6.07, 6.45) is 0.382. The number of benzene rings is 1. The Kier molecular flexibility index (Phi) is 8.23. The Balaban J connectivity index is 1.56. The largest absolute Gasteiger partial charge is 0.416 e. The first kappa shape index (κ1) is 28.1. The molecule has 0 fully saturated rings. The van der Waals surface area contributed by atoms with E-state index in [2.05, 4.69) is 26.4 Å². The van der Waals surface area contributed by atoms with Crippen LogP contribution in [0.4, 0.5) is 24.5 Å². The van der Waals surface area contributed by atoms with E-state index in [0.717, 1.165) is 29.1 Å². The van der Waals surface area contributed by atoms with Gasteiger partial charge in [0.15, 0.2) is 0 Å². The minimum Gasteiger partial charge on any atom is -0.383 e. The molecule has 208 valence electrons. The Morgan fingerprint density at radius 2 is 1.95 bits per heavy atom. The fraction of sp³-hybridized carbons (Fsp3) is 0.346. The quantitative estimate of drug-likeness (QED) is 0.376. The van der Waals surface area contributed by atoms with E-state index in [1.807, 2.05) is 25.1 Å². The third-order valence-corrected chi connectivity index (χ3v) is 6.38. The van der Waals surface area contributed by atoms with E-state index in [0.29, 0.717) is 30.1 Å². The van der Waals surface area contributed by atoms with E-state index >= 15 is 0 Å². The molecule has 1 aromatic carbocycles. The molecule has 1 aliphatic heterocycles. The van der Waals surface area contributed by atoms with Gasteiger partial charge in [-0.3, -0.25) is 24.4 Å². The number of pyridine rings is 1. The number of likely N-dealkylation sites (N-methyl/N-ethyl adjacent to an activating group) is 1. The number of halogens is 3. The number of nitrogens with zero attached hydrogens (tertiary/aromatic N) is 5. The molecular weight excluding hydrogens is 513 g/mol. The molecule has 3 heterocycles. The van der Waals surface area contributed by atoms with Gasteiger partial charge in [-0.1, -0.05) is 0 Å². The number of hydrogen-bond donors (Lipinski definition) is 3. The van der Waals surface area contributed by atoms with Crippen molar-refractivity contribution in [3.63, 3.8) is 0 Å². The van der Waals surface area contributed by atoms with Crippen LogP contribution in [-0.2, 0) is 24.5 Å². The second kappa shape index (κ2) is 11.4. The first-order chi connectivity index (χ1) is 18.5. The van der Waals surface area contributed by atoms with Gasteiger partial charge in [0, 0.05) is 56.6 Å². The monoisotopic (exact) mass is 544 g/mol. The number of alkyl halides is 3. The van der Waals surface area contributed by atoms with Crippen molar-refractivity contribution in [1.82, 2.24) is 30.6 Å². The molecule has 3 N–H and O–H groups in total. The van der Waals surface area contributed by atoms with E-state index in [1.165, 1.54) is 12.3 Å². The average molecular weight is 545 g/mol. The van der Waals surface area contributed by atoms with Crippen LogP contribution in [0.3, 0.4) is 0 Å².